The van der Waals surface area contributed by atoms with Crippen LogP contribution < -0.4 is 10.2 Å². The highest BCUT2D eigenvalue weighted by atomic mass is 35.5. The van der Waals surface area contributed by atoms with Crippen molar-refractivity contribution in [2.24, 2.45) is 5.10 Å². The first-order valence-electron chi connectivity index (χ1n) is 10.9. The topological polar surface area (TPSA) is 87.4 Å². The van der Waals surface area contributed by atoms with Crippen molar-refractivity contribution in [3.8, 4) is 11.8 Å². The van der Waals surface area contributed by atoms with E-state index in [2.05, 4.69) is 15.5 Å². The number of pyridine rings is 1. The Labute approximate surface area is 227 Å². The molecule has 0 aliphatic heterocycles. The molecular weight excluding hydrogens is 538 g/mol. The summed E-state index contributed by atoms with van der Waals surface area (Å²) >= 11 is 8.51. The number of carbonyl (C=O) groups is 1. The van der Waals surface area contributed by atoms with Crippen molar-refractivity contribution in [1.29, 1.82) is 5.26 Å². The molecule has 1 aromatic heterocycles. The third-order valence-electron chi connectivity index (χ3n) is 5.03. The number of nitriles is 1. The minimum absolute atomic E-state index is 0.233. The number of methoxy groups -OCH3 is 1. The van der Waals surface area contributed by atoms with Crippen LogP contribution in [0.4, 0.5) is 8.78 Å². The lowest BCUT2D eigenvalue weighted by molar-refractivity contribution is -0.118. The van der Waals surface area contributed by atoms with Gasteiger partial charge in [0, 0.05) is 22.1 Å². The minimum atomic E-state index is -2.73. The van der Waals surface area contributed by atoms with E-state index in [9.17, 15) is 18.8 Å². The van der Waals surface area contributed by atoms with Crippen molar-refractivity contribution < 1.29 is 18.3 Å². The summed E-state index contributed by atoms with van der Waals surface area (Å²) in [6.45, 7) is 1.61. The van der Waals surface area contributed by atoms with Gasteiger partial charge in [-0.15, -0.1) is 23.5 Å². The molecule has 11 heteroatoms. The highest BCUT2D eigenvalue weighted by molar-refractivity contribution is 7.99. The number of ether oxygens (including phenoxy) is 1. The maximum absolute atomic E-state index is 13.2. The molecule has 0 unspecified atom stereocenters. The lowest BCUT2D eigenvalue weighted by atomic mass is 10.1. The summed E-state index contributed by atoms with van der Waals surface area (Å²) in [7, 11) is 1.53. The molecule has 1 heterocycles. The fourth-order valence-electron chi connectivity index (χ4n) is 3.21. The van der Waals surface area contributed by atoms with E-state index in [4.69, 9.17) is 16.3 Å². The molecule has 3 rings (SSSR count). The van der Waals surface area contributed by atoms with Gasteiger partial charge in [0.1, 0.15) is 22.5 Å². The number of hydrogen-bond donors (Lipinski definition) is 1. The highest BCUT2D eigenvalue weighted by Crippen LogP contribution is 2.32. The molecule has 6 nitrogen and oxygen atoms in total. The lowest BCUT2D eigenvalue weighted by Crippen LogP contribution is -2.19. The van der Waals surface area contributed by atoms with Crippen LogP contribution in [0.15, 0.2) is 58.7 Å². The highest BCUT2D eigenvalue weighted by Gasteiger charge is 2.17. The monoisotopic (exact) mass is 560 g/mol. The van der Waals surface area contributed by atoms with Gasteiger partial charge in [0.05, 0.1) is 24.6 Å². The average Bonchev–Trinajstić information content (AvgIpc) is 2.88. The number of aryl methyl sites for hydroxylation is 1. The van der Waals surface area contributed by atoms with Crippen LogP contribution in [-0.2, 0) is 16.3 Å². The predicted molar refractivity (Wildman–Crippen MR) is 145 cm³/mol. The number of nitrogens with one attached hydrogen (secondary N) is 1. The van der Waals surface area contributed by atoms with E-state index in [-0.39, 0.29) is 27.9 Å². The van der Waals surface area contributed by atoms with Gasteiger partial charge in [-0.1, -0.05) is 23.7 Å². The van der Waals surface area contributed by atoms with Crippen LogP contribution in [0.5, 0.6) is 5.75 Å². The van der Waals surface area contributed by atoms with Crippen molar-refractivity contribution >= 4 is 47.2 Å². The van der Waals surface area contributed by atoms with Gasteiger partial charge in [-0.2, -0.15) is 10.4 Å². The largest absolute Gasteiger partial charge is 0.496 e. The van der Waals surface area contributed by atoms with E-state index in [0.29, 0.717) is 33.4 Å². The van der Waals surface area contributed by atoms with Crippen molar-refractivity contribution in [3.05, 3.63) is 87.1 Å². The molecule has 37 heavy (non-hydrogen) atoms. The van der Waals surface area contributed by atoms with Crippen LogP contribution in [0, 0.1) is 18.3 Å². The van der Waals surface area contributed by atoms with E-state index in [1.807, 2.05) is 36.4 Å². The zero-order valence-corrected chi connectivity index (χ0v) is 22.4. The summed E-state index contributed by atoms with van der Waals surface area (Å²) in [6, 6.07) is 16.1. The molecule has 192 valence electrons. The summed E-state index contributed by atoms with van der Waals surface area (Å²) in [5.74, 6) is 1.61. The van der Waals surface area contributed by atoms with Crippen LogP contribution >= 0.6 is 35.1 Å². The van der Waals surface area contributed by atoms with Gasteiger partial charge in [-0.3, -0.25) is 4.79 Å². The van der Waals surface area contributed by atoms with Crippen LogP contribution in [0.2, 0.25) is 5.02 Å². The standard InChI is InChI=1S/C26H23ClF2N4O2S2/c1-16-9-22(25(28)29)32-26(21(16)11-30)37-14-19-10-18(5-8-23(19)35-2)12-31-33-24(34)15-36-13-17-3-6-20(27)7-4-17/h3-10,12,25H,13-15H2,1-2H3,(H,33,34). The summed E-state index contributed by atoms with van der Waals surface area (Å²) in [5.41, 5.74) is 5.39. The van der Waals surface area contributed by atoms with Gasteiger partial charge in [0.15, 0.2) is 0 Å². The van der Waals surface area contributed by atoms with Gasteiger partial charge >= 0.3 is 0 Å². The molecule has 0 fully saturated rings. The van der Waals surface area contributed by atoms with Crippen molar-refractivity contribution in [2.75, 3.05) is 12.9 Å². The molecular formula is C26H23ClF2N4O2S2. The SMILES string of the molecule is COc1ccc(C=NNC(=O)CSCc2ccc(Cl)cc2)cc1CSc1nc(C(F)F)cc(C)c1C#N. The zero-order valence-electron chi connectivity index (χ0n) is 20.0. The number of benzene rings is 2. The Morgan fingerprint density at radius 3 is 2.68 bits per heavy atom. The van der Waals surface area contributed by atoms with E-state index in [0.717, 1.165) is 11.1 Å². The maximum atomic E-state index is 13.2. The van der Waals surface area contributed by atoms with Crippen LogP contribution in [-0.4, -0.2) is 30.0 Å². The fourth-order valence-corrected chi connectivity index (χ4v) is 5.16. The molecule has 1 amide bonds. The Kier molecular flexibility index (Phi) is 10.7. The maximum Gasteiger partial charge on any atom is 0.280 e. The lowest BCUT2D eigenvalue weighted by Gasteiger charge is -2.11. The Bertz CT molecular complexity index is 1320. The number of hydrazone groups is 1. The van der Waals surface area contributed by atoms with E-state index in [1.165, 1.54) is 42.9 Å². The molecule has 0 saturated carbocycles. The summed E-state index contributed by atoms with van der Waals surface area (Å²) in [5, 5.41) is 14.4. The van der Waals surface area contributed by atoms with Crippen LogP contribution in [0.3, 0.4) is 0 Å². The molecule has 2 aromatic carbocycles. The quantitative estimate of drug-likeness (QED) is 0.163. The first kappa shape index (κ1) is 28.4. The summed E-state index contributed by atoms with van der Waals surface area (Å²) in [6.07, 6.45) is -1.22. The molecule has 0 radical (unpaired) electrons. The number of aromatic nitrogens is 1. The van der Waals surface area contributed by atoms with Crippen molar-refractivity contribution in [3.63, 3.8) is 0 Å². The van der Waals surface area contributed by atoms with Gasteiger partial charge in [-0.05, 0) is 60.0 Å². The average molecular weight is 561 g/mol. The Balaban J connectivity index is 1.61. The number of hydrogen-bond acceptors (Lipinski definition) is 7. The molecule has 1 N–H and O–H groups in total. The van der Waals surface area contributed by atoms with Crippen molar-refractivity contribution in [2.45, 2.75) is 29.9 Å². The van der Waals surface area contributed by atoms with Gasteiger partial charge in [-0.25, -0.2) is 19.2 Å². The summed E-state index contributed by atoms with van der Waals surface area (Å²) in [4.78, 5) is 16.1. The predicted octanol–water partition coefficient (Wildman–Crippen LogP) is 6.54. The molecule has 0 atom stereocenters. The molecule has 0 spiro atoms. The Hall–Kier alpha value is -3.13. The van der Waals surface area contributed by atoms with Gasteiger partial charge in [0.2, 0.25) is 5.91 Å². The molecule has 0 aliphatic carbocycles. The number of thioether (sulfide) groups is 2. The summed E-state index contributed by atoms with van der Waals surface area (Å²) < 4.78 is 31.8. The minimum Gasteiger partial charge on any atom is -0.496 e. The first-order valence-corrected chi connectivity index (χ1v) is 13.5. The molecule has 0 saturated heterocycles. The third-order valence-corrected chi connectivity index (χ3v) is 7.31. The second kappa shape index (κ2) is 14.0. The van der Waals surface area contributed by atoms with Gasteiger partial charge in [0.25, 0.3) is 6.43 Å². The van der Waals surface area contributed by atoms with E-state index < -0.39 is 6.43 Å². The number of carbonyl (C=O) groups excluding carboxylic acids is 1. The number of alkyl halides is 2. The van der Waals surface area contributed by atoms with Crippen LogP contribution in [0.1, 0.15) is 39.9 Å². The van der Waals surface area contributed by atoms with Crippen molar-refractivity contribution in [1.82, 2.24) is 10.4 Å². The number of nitrogens with zero attached hydrogens (tertiary/aromatic N) is 3. The third kappa shape index (κ3) is 8.45. The smallest absolute Gasteiger partial charge is 0.280 e. The van der Waals surface area contributed by atoms with Crippen LogP contribution in [0.25, 0.3) is 0 Å². The van der Waals surface area contributed by atoms with E-state index >= 15 is 0 Å². The second-order valence-corrected chi connectivity index (χ2v) is 10.1. The fraction of sp³-hybridized carbons (Fsp3) is 0.231. The first-order chi connectivity index (χ1) is 17.8. The molecule has 0 aliphatic rings. The molecule has 0 bridgehead atoms. The molecule has 3 aromatic rings. The van der Waals surface area contributed by atoms with Gasteiger partial charge < -0.3 is 4.74 Å². The normalized spacial score (nSPS) is 11.1. The Morgan fingerprint density at radius 1 is 1.24 bits per heavy atom. The number of amides is 1. The number of halogens is 3. The zero-order chi connectivity index (χ0) is 26.8. The number of rotatable bonds is 11. The Morgan fingerprint density at radius 2 is 2.00 bits per heavy atom. The van der Waals surface area contributed by atoms with E-state index in [1.54, 1.807) is 19.1 Å². The second-order valence-electron chi connectivity index (χ2n) is 7.73.